The van der Waals surface area contributed by atoms with Crippen LogP contribution >= 0.6 is 0 Å². The number of aryl methyl sites for hydroxylation is 2. The number of non-ortho nitro benzene ring substituents is 1. The molecule has 1 aliphatic heterocycles. The SMILES string of the molecule is Cc1cccc(C2/C(=C(/O)c3ccc([N+](=O)[O-])cc3)C(=O)C(=O)N2c2cc(C)ccc2O)c1. The first-order valence-corrected chi connectivity index (χ1v) is 10.1. The Morgan fingerprint density at radius 3 is 2.27 bits per heavy atom. The molecule has 0 spiro atoms. The third-order valence-electron chi connectivity index (χ3n) is 5.54. The molecule has 33 heavy (non-hydrogen) atoms. The number of nitro benzene ring substituents is 1. The first-order valence-electron chi connectivity index (χ1n) is 10.1. The van der Waals surface area contributed by atoms with Crippen molar-refractivity contribution in [3.8, 4) is 5.75 Å². The number of ketones is 1. The van der Waals surface area contributed by atoms with Gasteiger partial charge in [-0.25, -0.2) is 0 Å². The number of rotatable bonds is 4. The summed E-state index contributed by atoms with van der Waals surface area (Å²) in [6.45, 7) is 3.65. The Morgan fingerprint density at radius 2 is 1.64 bits per heavy atom. The highest BCUT2D eigenvalue weighted by Crippen LogP contribution is 2.45. The van der Waals surface area contributed by atoms with Gasteiger partial charge in [-0.1, -0.05) is 35.9 Å². The van der Waals surface area contributed by atoms with E-state index in [1.54, 1.807) is 37.3 Å². The van der Waals surface area contributed by atoms with E-state index in [0.29, 0.717) is 5.56 Å². The van der Waals surface area contributed by atoms with Gasteiger partial charge in [0.2, 0.25) is 0 Å². The van der Waals surface area contributed by atoms with Crippen LogP contribution in [0.15, 0.2) is 72.3 Å². The average Bonchev–Trinajstić information content (AvgIpc) is 3.05. The standard InChI is InChI=1S/C25H20N2O6/c1-14-4-3-5-17(12-14)22-21(23(29)16-7-9-18(10-8-16)27(32)33)24(30)25(31)26(22)19-13-15(2)6-11-20(19)28/h3-13,22,28-29H,1-2H3/b23-21-. The summed E-state index contributed by atoms with van der Waals surface area (Å²) in [6.07, 6.45) is 0. The predicted octanol–water partition coefficient (Wildman–Crippen LogP) is 4.54. The lowest BCUT2D eigenvalue weighted by molar-refractivity contribution is -0.384. The van der Waals surface area contributed by atoms with Gasteiger partial charge in [-0.15, -0.1) is 0 Å². The second kappa shape index (κ2) is 8.23. The van der Waals surface area contributed by atoms with Crippen LogP contribution in [0.25, 0.3) is 5.76 Å². The monoisotopic (exact) mass is 444 g/mol. The van der Waals surface area contributed by atoms with E-state index < -0.39 is 28.4 Å². The molecule has 2 N–H and O–H groups in total. The Balaban J connectivity index is 1.96. The van der Waals surface area contributed by atoms with Crippen LogP contribution in [0.5, 0.6) is 5.75 Å². The highest BCUT2D eigenvalue weighted by atomic mass is 16.6. The molecule has 4 rings (SSSR count). The molecule has 1 amide bonds. The number of amides is 1. The molecule has 0 radical (unpaired) electrons. The summed E-state index contributed by atoms with van der Waals surface area (Å²) in [5.74, 6) is -2.45. The number of hydrogen-bond acceptors (Lipinski definition) is 6. The van der Waals surface area contributed by atoms with Gasteiger partial charge in [0.25, 0.3) is 17.4 Å². The summed E-state index contributed by atoms with van der Waals surface area (Å²) < 4.78 is 0. The molecule has 3 aromatic rings. The fourth-order valence-electron chi connectivity index (χ4n) is 3.96. The van der Waals surface area contributed by atoms with Crippen molar-refractivity contribution in [1.82, 2.24) is 0 Å². The number of carbonyl (C=O) groups is 2. The fourth-order valence-corrected chi connectivity index (χ4v) is 3.96. The minimum absolute atomic E-state index is 0.145. The maximum atomic E-state index is 13.2. The van der Waals surface area contributed by atoms with Crippen molar-refractivity contribution in [2.45, 2.75) is 19.9 Å². The number of nitrogens with zero attached hydrogens (tertiary/aromatic N) is 2. The van der Waals surface area contributed by atoms with Crippen LogP contribution in [0.4, 0.5) is 11.4 Å². The minimum Gasteiger partial charge on any atom is -0.507 e. The maximum absolute atomic E-state index is 13.2. The molecule has 1 aliphatic rings. The van der Waals surface area contributed by atoms with Crippen molar-refractivity contribution in [1.29, 1.82) is 0 Å². The molecular formula is C25H20N2O6. The van der Waals surface area contributed by atoms with Gasteiger partial charge in [-0.05, 0) is 49.2 Å². The van der Waals surface area contributed by atoms with Crippen molar-refractivity contribution in [2.24, 2.45) is 0 Å². The topological polar surface area (TPSA) is 121 Å². The lowest BCUT2D eigenvalue weighted by atomic mass is 9.94. The van der Waals surface area contributed by atoms with Crippen LogP contribution < -0.4 is 4.90 Å². The number of carbonyl (C=O) groups excluding carboxylic acids is 2. The molecule has 1 unspecified atom stereocenters. The van der Waals surface area contributed by atoms with E-state index in [1.807, 2.05) is 13.0 Å². The third-order valence-corrected chi connectivity index (χ3v) is 5.54. The summed E-state index contributed by atoms with van der Waals surface area (Å²) in [5, 5.41) is 32.5. The number of nitro groups is 1. The number of anilines is 1. The van der Waals surface area contributed by atoms with Crippen molar-refractivity contribution < 1.29 is 24.7 Å². The number of phenolic OH excluding ortho intramolecular Hbond substituents is 1. The molecular weight excluding hydrogens is 424 g/mol. The van der Waals surface area contributed by atoms with Gasteiger partial charge in [-0.2, -0.15) is 0 Å². The van der Waals surface area contributed by atoms with Crippen molar-refractivity contribution >= 4 is 28.8 Å². The lowest BCUT2D eigenvalue weighted by Gasteiger charge is -2.26. The van der Waals surface area contributed by atoms with Crippen molar-refractivity contribution in [2.75, 3.05) is 4.90 Å². The number of phenols is 1. The fraction of sp³-hybridized carbons (Fsp3) is 0.120. The van der Waals surface area contributed by atoms with Crippen LogP contribution in [0.2, 0.25) is 0 Å². The number of Topliss-reactive ketones (excluding diaryl/α,β-unsaturated/α-hetero) is 1. The van der Waals surface area contributed by atoms with E-state index in [4.69, 9.17) is 0 Å². The molecule has 1 fully saturated rings. The zero-order valence-electron chi connectivity index (χ0n) is 17.9. The zero-order chi connectivity index (χ0) is 23.9. The first-order chi connectivity index (χ1) is 15.7. The van der Waals surface area contributed by atoms with Gasteiger partial charge in [0.1, 0.15) is 11.5 Å². The number of hydrogen-bond donors (Lipinski definition) is 2. The predicted molar refractivity (Wildman–Crippen MR) is 122 cm³/mol. The average molecular weight is 444 g/mol. The first kappa shape index (κ1) is 21.8. The zero-order valence-corrected chi connectivity index (χ0v) is 17.9. The number of aliphatic hydroxyl groups excluding tert-OH is 1. The quantitative estimate of drug-likeness (QED) is 0.200. The second-order valence-corrected chi connectivity index (χ2v) is 7.88. The minimum atomic E-state index is -1.01. The Hall–Kier alpha value is -4.46. The smallest absolute Gasteiger partial charge is 0.300 e. The van der Waals surface area contributed by atoms with Crippen LogP contribution in [-0.2, 0) is 9.59 Å². The van der Waals surface area contributed by atoms with Crippen LogP contribution in [0.3, 0.4) is 0 Å². The van der Waals surface area contributed by atoms with Crippen LogP contribution in [-0.4, -0.2) is 26.8 Å². The van der Waals surface area contributed by atoms with Crippen molar-refractivity contribution in [3.63, 3.8) is 0 Å². The molecule has 3 aromatic carbocycles. The largest absolute Gasteiger partial charge is 0.507 e. The Labute approximate surface area is 189 Å². The molecule has 0 aliphatic carbocycles. The van der Waals surface area contributed by atoms with Gasteiger partial charge in [0, 0.05) is 17.7 Å². The highest BCUT2D eigenvalue weighted by molar-refractivity contribution is 6.51. The van der Waals surface area contributed by atoms with E-state index in [2.05, 4.69) is 0 Å². The summed E-state index contributed by atoms with van der Waals surface area (Å²) in [5.41, 5.74) is 2.17. The van der Waals surface area contributed by atoms with Gasteiger partial charge in [0.05, 0.1) is 22.2 Å². The molecule has 0 aromatic heterocycles. The van der Waals surface area contributed by atoms with Gasteiger partial charge in [-0.3, -0.25) is 24.6 Å². The normalized spacial score (nSPS) is 17.4. The second-order valence-electron chi connectivity index (χ2n) is 7.88. The van der Waals surface area contributed by atoms with Crippen LogP contribution in [0, 0.1) is 24.0 Å². The Kier molecular flexibility index (Phi) is 5.43. The van der Waals surface area contributed by atoms with E-state index in [9.17, 15) is 29.9 Å². The summed E-state index contributed by atoms with van der Waals surface area (Å²) in [4.78, 5) is 37.9. The number of aromatic hydroxyl groups is 1. The molecule has 166 valence electrons. The van der Waals surface area contributed by atoms with E-state index in [-0.39, 0.29) is 28.3 Å². The van der Waals surface area contributed by atoms with Crippen LogP contribution in [0.1, 0.15) is 28.3 Å². The summed E-state index contributed by atoms with van der Waals surface area (Å²) in [7, 11) is 0. The lowest BCUT2D eigenvalue weighted by Crippen LogP contribution is -2.29. The van der Waals surface area contributed by atoms with Gasteiger partial charge in [0.15, 0.2) is 0 Å². The Morgan fingerprint density at radius 1 is 0.970 bits per heavy atom. The molecule has 8 heteroatoms. The van der Waals surface area contributed by atoms with E-state index in [0.717, 1.165) is 11.1 Å². The number of aliphatic hydroxyl groups is 1. The molecule has 1 heterocycles. The van der Waals surface area contributed by atoms with Gasteiger partial charge >= 0.3 is 0 Å². The number of benzene rings is 3. The summed E-state index contributed by atoms with van der Waals surface area (Å²) in [6, 6.07) is 15.9. The summed E-state index contributed by atoms with van der Waals surface area (Å²) >= 11 is 0. The highest BCUT2D eigenvalue weighted by Gasteiger charge is 2.47. The maximum Gasteiger partial charge on any atom is 0.300 e. The Bertz CT molecular complexity index is 1330. The van der Waals surface area contributed by atoms with Gasteiger partial charge < -0.3 is 10.2 Å². The molecule has 0 bridgehead atoms. The molecule has 8 nitrogen and oxygen atoms in total. The van der Waals surface area contributed by atoms with E-state index >= 15 is 0 Å². The van der Waals surface area contributed by atoms with E-state index in [1.165, 1.54) is 35.2 Å². The third kappa shape index (κ3) is 3.82. The molecule has 1 atom stereocenters. The molecule has 1 saturated heterocycles. The van der Waals surface area contributed by atoms with Crippen molar-refractivity contribution in [3.05, 3.63) is 105 Å². The molecule has 0 saturated carbocycles.